The first-order valence-electron chi connectivity index (χ1n) is 5.01. The van der Waals surface area contributed by atoms with Crippen molar-refractivity contribution in [2.75, 3.05) is 6.61 Å². The van der Waals surface area contributed by atoms with Crippen molar-refractivity contribution in [1.82, 2.24) is 0 Å². The Labute approximate surface area is 79.6 Å². The van der Waals surface area contributed by atoms with Crippen LogP contribution < -0.4 is 5.73 Å². The van der Waals surface area contributed by atoms with Crippen LogP contribution in [-0.4, -0.2) is 18.6 Å². The molecule has 0 bridgehead atoms. The molecule has 1 saturated carbocycles. The van der Waals surface area contributed by atoms with E-state index in [1.165, 1.54) is 0 Å². The Morgan fingerprint density at radius 1 is 1.54 bits per heavy atom. The van der Waals surface area contributed by atoms with Gasteiger partial charge in [-0.05, 0) is 25.2 Å². The highest BCUT2D eigenvalue weighted by Crippen LogP contribution is 2.25. The third-order valence-electron chi connectivity index (χ3n) is 2.37. The van der Waals surface area contributed by atoms with Crippen molar-refractivity contribution in [3.63, 3.8) is 0 Å². The highest BCUT2D eigenvalue weighted by atomic mass is 16.5. The first-order valence-corrected chi connectivity index (χ1v) is 5.01. The highest BCUT2D eigenvalue weighted by Gasteiger charge is 2.28. The summed E-state index contributed by atoms with van der Waals surface area (Å²) in [4.78, 5) is 11.4. The van der Waals surface area contributed by atoms with Gasteiger partial charge in [0, 0.05) is 6.04 Å². The lowest BCUT2D eigenvalue weighted by Crippen LogP contribution is -2.20. The maximum absolute atomic E-state index is 11.4. The van der Waals surface area contributed by atoms with Crippen molar-refractivity contribution in [3.8, 4) is 0 Å². The lowest BCUT2D eigenvalue weighted by Gasteiger charge is -2.11. The van der Waals surface area contributed by atoms with E-state index in [-0.39, 0.29) is 17.9 Å². The van der Waals surface area contributed by atoms with Gasteiger partial charge in [-0.2, -0.15) is 0 Å². The van der Waals surface area contributed by atoms with Crippen LogP contribution >= 0.6 is 0 Å². The smallest absolute Gasteiger partial charge is 0.308 e. The van der Waals surface area contributed by atoms with Gasteiger partial charge in [0.05, 0.1) is 12.5 Å². The van der Waals surface area contributed by atoms with Crippen LogP contribution in [0.5, 0.6) is 0 Å². The Balaban J connectivity index is 2.24. The number of rotatable bonds is 3. The largest absolute Gasteiger partial charge is 0.465 e. The van der Waals surface area contributed by atoms with Crippen LogP contribution in [0.3, 0.4) is 0 Å². The molecule has 1 fully saturated rings. The first kappa shape index (κ1) is 10.5. The molecule has 0 heterocycles. The summed E-state index contributed by atoms with van der Waals surface area (Å²) in [7, 11) is 0. The van der Waals surface area contributed by atoms with E-state index >= 15 is 0 Å². The van der Waals surface area contributed by atoms with Crippen LogP contribution in [0.15, 0.2) is 0 Å². The van der Waals surface area contributed by atoms with E-state index in [0.717, 1.165) is 19.3 Å². The fraction of sp³-hybridized carbons (Fsp3) is 0.900. The van der Waals surface area contributed by atoms with Gasteiger partial charge in [0.1, 0.15) is 0 Å². The van der Waals surface area contributed by atoms with E-state index in [0.29, 0.717) is 12.5 Å². The van der Waals surface area contributed by atoms with Crippen LogP contribution in [0, 0.1) is 11.8 Å². The molecule has 0 aromatic rings. The number of ether oxygens (including phenoxy) is 1. The average molecular weight is 185 g/mol. The topological polar surface area (TPSA) is 52.3 Å². The summed E-state index contributed by atoms with van der Waals surface area (Å²) in [5, 5.41) is 0. The molecule has 0 aliphatic heterocycles. The number of esters is 1. The predicted molar refractivity (Wildman–Crippen MR) is 51.1 cm³/mol. The molecule has 2 atom stereocenters. The van der Waals surface area contributed by atoms with Gasteiger partial charge in [-0.3, -0.25) is 4.79 Å². The Kier molecular flexibility index (Phi) is 3.72. The number of hydrogen-bond acceptors (Lipinski definition) is 3. The number of nitrogens with two attached hydrogens (primary N) is 1. The van der Waals surface area contributed by atoms with Crippen LogP contribution in [0.25, 0.3) is 0 Å². The van der Waals surface area contributed by atoms with E-state index in [1.54, 1.807) is 0 Å². The van der Waals surface area contributed by atoms with Gasteiger partial charge >= 0.3 is 5.97 Å². The third-order valence-corrected chi connectivity index (χ3v) is 2.37. The summed E-state index contributed by atoms with van der Waals surface area (Å²) in [5.41, 5.74) is 5.71. The van der Waals surface area contributed by atoms with Crippen molar-refractivity contribution < 1.29 is 9.53 Å². The van der Waals surface area contributed by atoms with Crippen molar-refractivity contribution in [2.24, 2.45) is 17.6 Å². The van der Waals surface area contributed by atoms with Gasteiger partial charge in [-0.25, -0.2) is 0 Å². The Morgan fingerprint density at radius 3 is 2.69 bits per heavy atom. The van der Waals surface area contributed by atoms with Crippen molar-refractivity contribution >= 4 is 5.97 Å². The number of hydrogen-bond donors (Lipinski definition) is 1. The number of carbonyl (C=O) groups is 1. The zero-order valence-corrected chi connectivity index (χ0v) is 8.45. The summed E-state index contributed by atoms with van der Waals surface area (Å²) < 4.78 is 5.14. The maximum atomic E-state index is 11.4. The maximum Gasteiger partial charge on any atom is 0.308 e. The molecular weight excluding hydrogens is 166 g/mol. The summed E-state index contributed by atoms with van der Waals surface area (Å²) in [6.45, 7) is 4.60. The lowest BCUT2D eigenvalue weighted by atomic mass is 10.1. The lowest BCUT2D eigenvalue weighted by molar-refractivity contribution is -0.149. The van der Waals surface area contributed by atoms with Crippen molar-refractivity contribution in [3.05, 3.63) is 0 Å². The average Bonchev–Trinajstić information content (AvgIpc) is 2.47. The summed E-state index contributed by atoms with van der Waals surface area (Å²) >= 11 is 0. The second-order valence-electron chi connectivity index (χ2n) is 4.29. The molecule has 3 heteroatoms. The van der Waals surface area contributed by atoms with Gasteiger partial charge in [-0.15, -0.1) is 0 Å². The molecule has 0 amide bonds. The summed E-state index contributed by atoms with van der Waals surface area (Å²) in [5.74, 6) is 0.425. The molecule has 1 rings (SSSR count). The minimum atomic E-state index is -0.0540. The number of carbonyl (C=O) groups excluding carboxylic acids is 1. The molecule has 2 N–H and O–H groups in total. The monoisotopic (exact) mass is 185 g/mol. The Morgan fingerprint density at radius 2 is 2.23 bits per heavy atom. The zero-order chi connectivity index (χ0) is 9.84. The predicted octanol–water partition coefficient (Wildman–Crippen LogP) is 1.31. The molecule has 76 valence electrons. The quantitative estimate of drug-likeness (QED) is 0.674. The summed E-state index contributed by atoms with van der Waals surface area (Å²) in [6.07, 6.45) is 2.66. The third kappa shape index (κ3) is 3.35. The first-order chi connectivity index (χ1) is 6.09. The van der Waals surface area contributed by atoms with Crippen LogP contribution in [0.2, 0.25) is 0 Å². The van der Waals surface area contributed by atoms with Crippen LogP contribution in [-0.2, 0) is 9.53 Å². The molecule has 0 aromatic heterocycles. The molecule has 0 aromatic carbocycles. The van der Waals surface area contributed by atoms with Gasteiger partial charge in [-0.1, -0.05) is 13.8 Å². The second-order valence-corrected chi connectivity index (χ2v) is 4.29. The molecular formula is C10H19NO2. The van der Waals surface area contributed by atoms with E-state index < -0.39 is 0 Å². The van der Waals surface area contributed by atoms with Gasteiger partial charge in [0.2, 0.25) is 0 Å². The van der Waals surface area contributed by atoms with Gasteiger partial charge < -0.3 is 10.5 Å². The van der Waals surface area contributed by atoms with Gasteiger partial charge in [0.15, 0.2) is 0 Å². The van der Waals surface area contributed by atoms with E-state index in [1.807, 2.05) is 13.8 Å². The normalized spacial score (nSPS) is 28.0. The molecule has 0 radical (unpaired) electrons. The summed E-state index contributed by atoms with van der Waals surface area (Å²) in [6, 6.07) is 0.205. The molecule has 1 aliphatic carbocycles. The van der Waals surface area contributed by atoms with E-state index in [9.17, 15) is 4.79 Å². The fourth-order valence-corrected chi connectivity index (χ4v) is 1.60. The van der Waals surface area contributed by atoms with Crippen molar-refractivity contribution in [2.45, 2.75) is 39.2 Å². The zero-order valence-electron chi connectivity index (χ0n) is 8.45. The molecule has 0 saturated heterocycles. The SMILES string of the molecule is CC(C)COC(=O)[C@@H]1CC[C@H](N)C1. The minimum absolute atomic E-state index is 0.0540. The molecule has 3 nitrogen and oxygen atoms in total. The van der Waals surface area contributed by atoms with Gasteiger partial charge in [0.25, 0.3) is 0 Å². The standard InChI is InChI=1S/C10H19NO2/c1-7(2)6-13-10(12)8-3-4-9(11)5-8/h7-9H,3-6,11H2,1-2H3/t8-,9+/m1/s1. The fourth-order valence-electron chi connectivity index (χ4n) is 1.60. The van der Waals surface area contributed by atoms with E-state index in [4.69, 9.17) is 10.5 Å². The second kappa shape index (κ2) is 4.61. The van der Waals surface area contributed by atoms with E-state index in [2.05, 4.69) is 0 Å². The highest BCUT2D eigenvalue weighted by molar-refractivity contribution is 5.72. The molecule has 1 aliphatic rings. The van der Waals surface area contributed by atoms with Crippen LogP contribution in [0.1, 0.15) is 33.1 Å². The van der Waals surface area contributed by atoms with Crippen LogP contribution in [0.4, 0.5) is 0 Å². The molecule has 13 heavy (non-hydrogen) atoms. The Bertz CT molecular complexity index is 180. The van der Waals surface area contributed by atoms with Crippen molar-refractivity contribution in [1.29, 1.82) is 0 Å². The molecule has 0 spiro atoms. The molecule has 0 unspecified atom stereocenters. The Hall–Kier alpha value is -0.570. The minimum Gasteiger partial charge on any atom is -0.465 e.